The van der Waals surface area contributed by atoms with Gasteiger partial charge in [0.2, 0.25) is 6.79 Å². The Labute approximate surface area is 260 Å². The summed E-state index contributed by atoms with van der Waals surface area (Å²) >= 11 is 0. The van der Waals surface area contributed by atoms with Gasteiger partial charge in [-0.1, -0.05) is 12.1 Å². The van der Waals surface area contributed by atoms with Crippen LogP contribution in [0.15, 0.2) is 78.9 Å². The number of hydrogen-bond acceptors (Lipinski definition) is 8. The van der Waals surface area contributed by atoms with Gasteiger partial charge in [-0.2, -0.15) is 13.2 Å². The van der Waals surface area contributed by atoms with Gasteiger partial charge in [-0.3, -0.25) is 0 Å². The fourth-order valence-corrected chi connectivity index (χ4v) is 5.13. The van der Waals surface area contributed by atoms with Crippen molar-refractivity contribution in [3.8, 4) is 39.9 Å². The molecule has 2 aliphatic heterocycles. The van der Waals surface area contributed by atoms with Gasteiger partial charge >= 0.3 is 12.1 Å². The predicted molar refractivity (Wildman–Crippen MR) is 154 cm³/mol. The normalized spacial score (nSPS) is 19.1. The maximum absolute atomic E-state index is 14.5. The highest BCUT2D eigenvalue weighted by atomic mass is 19.4. The molecular weight excluding hydrogens is 612 g/mol. The van der Waals surface area contributed by atoms with Crippen LogP contribution in [0.1, 0.15) is 27.4 Å². The Bertz CT molecular complexity index is 1750. The molecule has 4 aromatic rings. The number of esters is 1. The SMILES string of the molecule is O=C(Oc1ccc2c(c1)C(C(F)(F)F)c1cc(OCOc3ccc(OCC4CO4)c(F)c3)ccc1-2)c1ccc(OCC2CO2)cc1. The second kappa shape index (κ2) is 12.2. The van der Waals surface area contributed by atoms with E-state index >= 15 is 0 Å². The maximum Gasteiger partial charge on any atom is 0.399 e. The highest BCUT2D eigenvalue weighted by Crippen LogP contribution is 2.53. The molecule has 8 nitrogen and oxygen atoms in total. The van der Waals surface area contributed by atoms with Crippen molar-refractivity contribution in [3.63, 3.8) is 0 Å². The monoisotopic (exact) mass is 638 g/mol. The van der Waals surface area contributed by atoms with Crippen LogP contribution in [0.3, 0.4) is 0 Å². The van der Waals surface area contributed by atoms with Gasteiger partial charge in [-0.25, -0.2) is 9.18 Å². The number of halogens is 4. The van der Waals surface area contributed by atoms with Crippen molar-refractivity contribution in [1.29, 1.82) is 0 Å². The highest BCUT2D eigenvalue weighted by molar-refractivity contribution is 5.91. The lowest BCUT2D eigenvalue weighted by atomic mass is 9.96. The molecule has 2 saturated heterocycles. The molecule has 0 saturated carbocycles. The molecule has 0 N–H and O–H groups in total. The van der Waals surface area contributed by atoms with Gasteiger partial charge in [0, 0.05) is 6.07 Å². The summed E-state index contributed by atoms with van der Waals surface area (Å²) in [6, 6.07) is 18.9. The van der Waals surface area contributed by atoms with Gasteiger partial charge in [0.1, 0.15) is 54.3 Å². The van der Waals surface area contributed by atoms with Gasteiger partial charge in [-0.05, 0) is 82.9 Å². The van der Waals surface area contributed by atoms with Crippen molar-refractivity contribution in [1.82, 2.24) is 0 Å². The van der Waals surface area contributed by atoms with Crippen LogP contribution in [0.4, 0.5) is 17.6 Å². The molecule has 0 radical (unpaired) electrons. The van der Waals surface area contributed by atoms with Crippen LogP contribution < -0.4 is 23.7 Å². The minimum absolute atomic E-state index is 0.0112. The van der Waals surface area contributed by atoms with Crippen LogP contribution in [-0.4, -0.2) is 57.6 Å². The highest BCUT2D eigenvalue weighted by Gasteiger charge is 2.47. The van der Waals surface area contributed by atoms with Crippen molar-refractivity contribution in [2.45, 2.75) is 24.3 Å². The number of carbonyl (C=O) groups excluding carboxylic acids is 1. The van der Waals surface area contributed by atoms with Crippen LogP contribution in [-0.2, 0) is 9.47 Å². The predicted octanol–water partition coefficient (Wildman–Crippen LogP) is 6.69. The molecular formula is C34H26F4O8. The number of benzene rings is 4. The fraction of sp³-hybridized carbons (Fsp3) is 0.265. The molecule has 3 atom stereocenters. The smallest absolute Gasteiger partial charge is 0.399 e. The molecule has 238 valence electrons. The summed E-state index contributed by atoms with van der Waals surface area (Å²) in [7, 11) is 0. The minimum Gasteiger partial charge on any atom is -0.491 e. The lowest BCUT2D eigenvalue weighted by molar-refractivity contribution is -0.140. The summed E-state index contributed by atoms with van der Waals surface area (Å²) in [5, 5.41) is 0. The number of carbonyl (C=O) groups is 1. The summed E-state index contributed by atoms with van der Waals surface area (Å²) in [6.45, 7) is 1.52. The Hall–Kier alpha value is -4.81. The average Bonchev–Trinajstić information content (AvgIpc) is 3.97. The second-order valence-corrected chi connectivity index (χ2v) is 10.9. The Morgan fingerprint density at radius 3 is 1.85 bits per heavy atom. The molecule has 2 heterocycles. The molecule has 12 heteroatoms. The number of hydrogen-bond donors (Lipinski definition) is 0. The lowest BCUT2D eigenvalue weighted by Gasteiger charge is -2.18. The van der Waals surface area contributed by atoms with Gasteiger partial charge < -0.3 is 33.2 Å². The fourth-order valence-electron chi connectivity index (χ4n) is 5.13. The number of ether oxygens (including phenoxy) is 7. The molecule has 4 aromatic carbocycles. The van der Waals surface area contributed by atoms with Crippen LogP contribution in [0, 0.1) is 5.82 Å². The van der Waals surface area contributed by atoms with E-state index in [0.29, 0.717) is 36.7 Å². The summed E-state index contributed by atoms with van der Waals surface area (Å²) in [5.74, 6) is -2.45. The van der Waals surface area contributed by atoms with Crippen molar-refractivity contribution in [2.24, 2.45) is 0 Å². The summed E-state index contributed by atoms with van der Waals surface area (Å²) in [4.78, 5) is 12.8. The lowest BCUT2D eigenvalue weighted by Crippen LogP contribution is -2.20. The third kappa shape index (κ3) is 6.73. The molecule has 0 amide bonds. The number of fused-ring (bicyclic) bond motifs is 3. The standard InChI is InChI=1S/C34H26F4O8/c35-30-13-22(7-10-31(30)43-17-25-16-42-25)45-18-44-21-5-8-26-27-9-6-23(12-29(27)32(28(26)11-21)34(36,37)38)46-33(39)19-1-3-20(4-2-19)40-14-24-15-41-24/h1-13,24-25,32H,14-18H2. The molecule has 3 aliphatic rings. The van der Waals surface area contributed by atoms with E-state index in [-0.39, 0.29) is 65.3 Å². The van der Waals surface area contributed by atoms with E-state index in [1.165, 1.54) is 60.7 Å². The first kappa shape index (κ1) is 29.9. The zero-order valence-electron chi connectivity index (χ0n) is 24.1. The van der Waals surface area contributed by atoms with Gasteiger partial charge in [0.25, 0.3) is 0 Å². The molecule has 1 aliphatic carbocycles. The minimum atomic E-state index is -4.65. The summed E-state index contributed by atoms with van der Waals surface area (Å²) in [5.41, 5.74) is 0.906. The van der Waals surface area contributed by atoms with Crippen LogP contribution in [0.5, 0.6) is 28.7 Å². The molecule has 2 fully saturated rings. The quantitative estimate of drug-likeness (QED) is 0.0558. The van der Waals surface area contributed by atoms with Crippen molar-refractivity contribution in [3.05, 3.63) is 101 Å². The molecule has 7 rings (SSSR count). The van der Waals surface area contributed by atoms with E-state index in [4.69, 9.17) is 33.2 Å². The number of alkyl halides is 3. The van der Waals surface area contributed by atoms with E-state index in [9.17, 15) is 22.4 Å². The largest absolute Gasteiger partial charge is 0.491 e. The molecule has 0 bridgehead atoms. The number of rotatable bonds is 12. The second-order valence-electron chi connectivity index (χ2n) is 10.9. The molecule has 0 aromatic heterocycles. The van der Waals surface area contributed by atoms with E-state index < -0.39 is 23.9 Å². The Balaban J connectivity index is 1.01. The van der Waals surface area contributed by atoms with E-state index in [2.05, 4.69) is 0 Å². The molecule has 0 spiro atoms. The Kier molecular flexibility index (Phi) is 7.91. The topological polar surface area (TPSA) is 88.3 Å². The van der Waals surface area contributed by atoms with E-state index in [0.717, 1.165) is 6.07 Å². The van der Waals surface area contributed by atoms with Crippen LogP contribution in [0.25, 0.3) is 11.1 Å². The molecule has 46 heavy (non-hydrogen) atoms. The first-order chi connectivity index (χ1) is 22.2. The first-order valence-electron chi connectivity index (χ1n) is 14.4. The zero-order chi connectivity index (χ0) is 31.8. The van der Waals surface area contributed by atoms with Crippen LogP contribution in [0.2, 0.25) is 0 Å². The van der Waals surface area contributed by atoms with Crippen molar-refractivity contribution in [2.75, 3.05) is 33.2 Å². The van der Waals surface area contributed by atoms with Crippen molar-refractivity contribution < 1.29 is 55.5 Å². The summed E-state index contributed by atoms with van der Waals surface area (Å²) in [6.07, 6.45) is -4.59. The third-order valence-corrected chi connectivity index (χ3v) is 7.61. The maximum atomic E-state index is 14.5. The third-order valence-electron chi connectivity index (χ3n) is 7.61. The average molecular weight is 639 g/mol. The molecule has 3 unspecified atom stereocenters. The van der Waals surface area contributed by atoms with Crippen molar-refractivity contribution >= 4 is 5.97 Å². The van der Waals surface area contributed by atoms with Crippen LogP contribution >= 0.6 is 0 Å². The number of epoxide rings is 2. The van der Waals surface area contributed by atoms with E-state index in [1.807, 2.05) is 0 Å². The zero-order valence-corrected chi connectivity index (χ0v) is 24.1. The van der Waals surface area contributed by atoms with Gasteiger partial charge in [0.15, 0.2) is 11.6 Å². The van der Waals surface area contributed by atoms with Gasteiger partial charge in [-0.15, -0.1) is 0 Å². The first-order valence-corrected chi connectivity index (χ1v) is 14.4. The summed E-state index contributed by atoms with van der Waals surface area (Å²) < 4.78 is 95.2. The Morgan fingerprint density at radius 1 is 0.696 bits per heavy atom. The van der Waals surface area contributed by atoms with Gasteiger partial charge in [0.05, 0.1) is 18.8 Å². The van der Waals surface area contributed by atoms with E-state index in [1.54, 1.807) is 12.1 Å². The Morgan fingerprint density at radius 2 is 1.24 bits per heavy atom.